The Labute approximate surface area is 154 Å². The third-order valence-electron chi connectivity index (χ3n) is 4.37. The number of anilines is 2. The summed E-state index contributed by atoms with van der Waals surface area (Å²) in [5, 5.41) is 7.14. The summed E-state index contributed by atoms with van der Waals surface area (Å²) in [6.07, 6.45) is 3.68. The van der Waals surface area contributed by atoms with Crippen LogP contribution in [0.15, 0.2) is 67.0 Å². The topological polar surface area (TPSA) is 50.2 Å². The first kappa shape index (κ1) is 17.7. The lowest BCUT2D eigenvalue weighted by atomic mass is 10.1. The number of carbonyl (C=O) groups is 1. The second-order valence-corrected chi connectivity index (χ2v) is 6.07. The molecule has 134 valence electrons. The maximum Gasteiger partial charge on any atom is 0.255 e. The van der Waals surface area contributed by atoms with Crippen molar-refractivity contribution in [3.05, 3.63) is 78.1 Å². The summed E-state index contributed by atoms with van der Waals surface area (Å²) < 4.78 is 1.85. The van der Waals surface area contributed by atoms with Crippen LogP contribution >= 0.6 is 0 Å². The number of carbonyl (C=O) groups excluding carboxylic acids is 1. The number of hydrogen-bond acceptors (Lipinski definition) is 3. The molecule has 0 saturated carbocycles. The van der Waals surface area contributed by atoms with Crippen LogP contribution in [0.25, 0.3) is 0 Å². The first-order chi connectivity index (χ1) is 12.7. The van der Waals surface area contributed by atoms with Crippen molar-refractivity contribution < 1.29 is 4.79 Å². The van der Waals surface area contributed by atoms with Crippen molar-refractivity contribution in [3.8, 4) is 0 Å². The molecule has 0 aliphatic rings. The van der Waals surface area contributed by atoms with Gasteiger partial charge in [0.2, 0.25) is 0 Å². The highest BCUT2D eigenvalue weighted by Gasteiger charge is 2.07. The van der Waals surface area contributed by atoms with E-state index in [1.54, 1.807) is 6.20 Å². The van der Waals surface area contributed by atoms with E-state index < -0.39 is 0 Å². The smallest absolute Gasteiger partial charge is 0.255 e. The maximum atomic E-state index is 12.4. The quantitative estimate of drug-likeness (QED) is 0.701. The third-order valence-corrected chi connectivity index (χ3v) is 4.37. The van der Waals surface area contributed by atoms with Gasteiger partial charge in [0, 0.05) is 42.4 Å². The van der Waals surface area contributed by atoms with Crippen LogP contribution < -0.4 is 10.2 Å². The van der Waals surface area contributed by atoms with Crippen molar-refractivity contribution in [1.29, 1.82) is 0 Å². The number of amides is 1. The molecule has 5 heteroatoms. The summed E-state index contributed by atoms with van der Waals surface area (Å²) in [6, 6.07) is 17.5. The van der Waals surface area contributed by atoms with Crippen LogP contribution in [0.4, 0.5) is 11.4 Å². The molecule has 0 aliphatic heterocycles. The monoisotopic (exact) mass is 348 g/mol. The maximum absolute atomic E-state index is 12.4. The van der Waals surface area contributed by atoms with Gasteiger partial charge in [-0.05, 0) is 61.9 Å². The molecule has 0 fully saturated rings. The molecule has 3 aromatic rings. The molecule has 3 rings (SSSR count). The largest absolute Gasteiger partial charge is 0.372 e. The van der Waals surface area contributed by atoms with Crippen LogP contribution in [0.5, 0.6) is 0 Å². The average molecular weight is 348 g/mol. The Morgan fingerprint density at radius 1 is 1.04 bits per heavy atom. The summed E-state index contributed by atoms with van der Waals surface area (Å²) in [4.78, 5) is 14.7. The van der Waals surface area contributed by atoms with E-state index in [0.717, 1.165) is 30.0 Å². The standard InChI is InChI=1S/C21H24N4O/c1-3-24(4-2)20-12-10-19(11-13-20)23-21(26)18-8-6-17(7-9-18)16-25-15-5-14-22-25/h5-15H,3-4,16H2,1-2H3,(H,23,26). The first-order valence-corrected chi connectivity index (χ1v) is 8.92. The zero-order valence-corrected chi connectivity index (χ0v) is 15.2. The first-order valence-electron chi connectivity index (χ1n) is 8.92. The van der Waals surface area contributed by atoms with Crippen molar-refractivity contribution >= 4 is 17.3 Å². The summed E-state index contributed by atoms with van der Waals surface area (Å²) in [5.41, 5.74) is 3.71. The normalized spacial score (nSPS) is 10.5. The second-order valence-electron chi connectivity index (χ2n) is 6.07. The molecule has 0 bridgehead atoms. The lowest BCUT2D eigenvalue weighted by molar-refractivity contribution is 0.102. The van der Waals surface area contributed by atoms with E-state index >= 15 is 0 Å². The van der Waals surface area contributed by atoms with Gasteiger partial charge in [-0.15, -0.1) is 0 Å². The van der Waals surface area contributed by atoms with Crippen LogP contribution in [0.1, 0.15) is 29.8 Å². The molecule has 0 aliphatic carbocycles. The summed E-state index contributed by atoms with van der Waals surface area (Å²) in [7, 11) is 0. The van der Waals surface area contributed by atoms with Gasteiger partial charge in [0.25, 0.3) is 5.91 Å². The zero-order chi connectivity index (χ0) is 18.4. The van der Waals surface area contributed by atoms with Gasteiger partial charge in [-0.25, -0.2) is 0 Å². The molecule has 1 N–H and O–H groups in total. The molecular weight excluding hydrogens is 324 g/mol. The minimum Gasteiger partial charge on any atom is -0.372 e. The molecule has 2 aromatic carbocycles. The van der Waals surface area contributed by atoms with E-state index in [1.165, 1.54) is 0 Å². The van der Waals surface area contributed by atoms with E-state index in [0.29, 0.717) is 12.1 Å². The van der Waals surface area contributed by atoms with Crippen LogP contribution in [0.3, 0.4) is 0 Å². The van der Waals surface area contributed by atoms with Crippen molar-refractivity contribution in [2.75, 3.05) is 23.3 Å². The van der Waals surface area contributed by atoms with E-state index in [2.05, 4.69) is 29.2 Å². The molecule has 0 unspecified atom stereocenters. The van der Waals surface area contributed by atoms with Crippen molar-refractivity contribution in [2.45, 2.75) is 20.4 Å². The van der Waals surface area contributed by atoms with Gasteiger partial charge in [0.05, 0.1) is 6.54 Å². The van der Waals surface area contributed by atoms with E-state index in [-0.39, 0.29) is 5.91 Å². The van der Waals surface area contributed by atoms with Gasteiger partial charge in [0.1, 0.15) is 0 Å². The highest BCUT2D eigenvalue weighted by molar-refractivity contribution is 6.04. The lowest BCUT2D eigenvalue weighted by Crippen LogP contribution is -2.21. The number of nitrogens with one attached hydrogen (secondary N) is 1. The number of benzene rings is 2. The predicted molar refractivity (Wildman–Crippen MR) is 106 cm³/mol. The SMILES string of the molecule is CCN(CC)c1ccc(NC(=O)c2ccc(Cn3cccn3)cc2)cc1. The molecule has 0 spiro atoms. The van der Waals surface area contributed by atoms with Gasteiger partial charge in [-0.1, -0.05) is 12.1 Å². The fraction of sp³-hybridized carbons (Fsp3) is 0.238. The number of hydrogen-bond donors (Lipinski definition) is 1. The fourth-order valence-corrected chi connectivity index (χ4v) is 2.89. The second kappa shape index (κ2) is 8.34. The Morgan fingerprint density at radius 2 is 1.73 bits per heavy atom. The predicted octanol–water partition coefficient (Wildman–Crippen LogP) is 4.03. The number of nitrogens with zero attached hydrogens (tertiary/aromatic N) is 3. The van der Waals surface area contributed by atoms with Crippen molar-refractivity contribution in [2.24, 2.45) is 0 Å². The Morgan fingerprint density at radius 3 is 2.31 bits per heavy atom. The average Bonchev–Trinajstić information content (AvgIpc) is 3.18. The Kier molecular flexibility index (Phi) is 5.69. The number of aromatic nitrogens is 2. The molecular formula is C21H24N4O. The Balaban J connectivity index is 1.62. The molecule has 1 heterocycles. The lowest BCUT2D eigenvalue weighted by Gasteiger charge is -2.21. The van der Waals surface area contributed by atoms with Crippen LogP contribution in [0, 0.1) is 0 Å². The van der Waals surface area contributed by atoms with E-state index in [1.807, 2.05) is 65.5 Å². The zero-order valence-electron chi connectivity index (χ0n) is 15.2. The summed E-state index contributed by atoms with van der Waals surface area (Å²) in [5.74, 6) is -0.105. The molecule has 0 atom stereocenters. The van der Waals surface area contributed by atoms with Gasteiger partial charge < -0.3 is 10.2 Å². The molecule has 1 amide bonds. The van der Waals surface area contributed by atoms with Crippen LogP contribution in [-0.2, 0) is 6.54 Å². The molecule has 5 nitrogen and oxygen atoms in total. The van der Waals surface area contributed by atoms with Crippen LogP contribution in [0.2, 0.25) is 0 Å². The summed E-state index contributed by atoms with van der Waals surface area (Å²) >= 11 is 0. The highest BCUT2D eigenvalue weighted by Crippen LogP contribution is 2.18. The van der Waals surface area contributed by atoms with Gasteiger partial charge >= 0.3 is 0 Å². The van der Waals surface area contributed by atoms with Crippen molar-refractivity contribution in [1.82, 2.24) is 9.78 Å². The minimum atomic E-state index is -0.105. The molecule has 0 radical (unpaired) electrons. The number of rotatable bonds is 7. The van der Waals surface area contributed by atoms with Gasteiger partial charge in [-0.2, -0.15) is 5.10 Å². The van der Waals surface area contributed by atoms with Crippen LogP contribution in [-0.4, -0.2) is 28.8 Å². The summed E-state index contributed by atoms with van der Waals surface area (Å²) in [6.45, 7) is 6.90. The Hall–Kier alpha value is -3.08. The molecule has 1 aromatic heterocycles. The van der Waals surface area contributed by atoms with Gasteiger partial charge in [0.15, 0.2) is 0 Å². The highest BCUT2D eigenvalue weighted by atomic mass is 16.1. The molecule has 26 heavy (non-hydrogen) atoms. The van der Waals surface area contributed by atoms with Crippen molar-refractivity contribution in [3.63, 3.8) is 0 Å². The van der Waals surface area contributed by atoms with E-state index in [4.69, 9.17) is 0 Å². The van der Waals surface area contributed by atoms with Gasteiger partial charge in [-0.3, -0.25) is 9.48 Å². The third kappa shape index (κ3) is 4.30. The van der Waals surface area contributed by atoms with E-state index in [9.17, 15) is 4.79 Å². The minimum absolute atomic E-state index is 0.105. The molecule has 0 saturated heterocycles. The Bertz CT molecular complexity index is 819. The fourth-order valence-electron chi connectivity index (χ4n) is 2.89.